The molecule has 9 heteroatoms. The van der Waals surface area contributed by atoms with Gasteiger partial charge < -0.3 is 19.5 Å². The lowest BCUT2D eigenvalue weighted by Gasteiger charge is -2.21. The van der Waals surface area contributed by atoms with Crippen molar-refractivity contribution in [2.75, 3.05) is 21.3 Å². The van der Waals surface area contributed by atoms with Gasteiger partial charge in [-0.2, -0.15) is 5.10 Å². The summed E-state index contributed by atoms with van der Waals surface area (Å²) in [5.74, 6) is -0.565. The second kappa shape index (κ2) is 11.0. The van der Waals surface area contributed by atoms with E-state index in [0.717, 1.165) is 0 Å². The maximum atomic E-state index is 13.0. The van der Waals surface area contributed by atoms with E-state index in [0.29, 0.717) is 22.8 Å². The molecule has 0 aliphatic carbocycles. The molecule has 2 rings (SSSR count). The van der Waals surface area contributed by atoms with E-state index in [4.69, 9.17) is 14.2 Å². The maximum Gasteiger partial charge on any atom is 0.262 e. The van der Waals surface area contributed by atoms with Crippen LogP contribution in [-0.4, -0.2) is 45.4 Å². The van der Waals surface area contributed by atoms with Crippen molar-refractivity contribution in [3.8, 4) is 17.2 Å². The van der Waals surface area contributed by atoms with E-state index in [1.54, 1.807) is 13.8 Å². The number of carbonyl (C=O) groups is 2. The van der Waals surface area contributed by atoms with E-state index < -0.39 is 17.9 Å². The number of carbonyl (C=O) groups excluding carboxylic acids is 2. The van der Waals surface area contributed by atoms with Gasteiger partial charge in [-0.1, -0.05) is 26.0 Å². The summed E-state index contributed by atoms with van der Waals surface area (Å²) < 4.78 is 28.7. The fraction of sp³-hybridized carbons (Fsp3) is 0.318. The molecule has 8 nitrogen and oxygen atoms in total. The van der Waals surface area contributed by atoms with Crippen LogP contribution in [0.1, 0.15) is 29.8 Å². The van der Waals surface area contributed by atoms with Gasteiger partial charge in [0.1, 0.15) is 11.9 Å². The lowest BCUT2D eigenvalue weighted by molar-refractivity contribution is -0.123. The molecule has 2 aromatic carbocycles. The standard InChI is InChI=1S/C22H26FN3O5/c1-13(2)19(22(28)26-24-12-14-6-8-16(23)9-7-14)25-21(27)15-10-17(29-3)20(31-5)18(11-15)30-4/h6-13,19H,1-5H3,(H,25,27)(H,26,28). The molecule has 2 aromatic rings. The molecule has 0 aliphatic heterocycles. The van der Waals surface area contributed by atoms with Crippen molar-refractivity contribution in [1.29, 1.82) is 0 Å². The van der Waals surface area contributed by atoms with Gasteiger partial charge >= 0.3 is 0 Å². The third-order valence-corrected chi connectivity index (χ3v) is 4.42. The number of amides is 2. The van der Waals surface area contributed by atoms with Crippen molar-refractivity contribution in [1.82, 2.24) is 10.7 Å². The monoisotopic (exact) mass is 431 g/mol. The molecule has 0 radical (unpaired) electrons. The Bertz CT molecular complexity index is 920. The number of rotatable bonds is 9. The summed E-state index contributed by atoms with van der Waals surface area (Å²) in [5, 5.41) is 6.58. The summed E-state index contributed by atoms with van der Waals surface area (Å²) in [6, 6.07) is 7.78. The largest absolute Gasteiger partial charge is 0.493 e. The lowest BCUT2D eigenvalue weighted by atomic mass is 10.0. The van der Waals surface area contributed by atoms with Crippen molar-refractivity contribution in [3.05, 3.63) is 53.3 Å². The molecule has 1 atom stereocenters. The van der Waals surface area contributed by atoms with E-state index in [1.807, 2.05) is 0 Å². The zero-order chi connectivity index (χ0) is 23.0. The molecule has 2 N–H and O–H groups in total. The Morgan fingerprint density at radius 3 is 2.06 bits per heavy atom. The second-order valence-electron chi connectivity index (χ2n) is 6.89. The van der Waals surface area contributed by atoms with Gasteiger partial charge in [-0.05, 0) is 35.7 Å². The minimum Gasteiger partial charge on any atom is -0.493 e. The molecular weight excluding hydrogens is 405 g/mol. The average molecular weight is 431 g/mol. The number of nitrogens with zero attached hydrogens (tertiary/aromatic N) is 1. The van der Waals surface area contributed by atoms with Crippen LogP contribution in [0.15, 0.2) is 41.5 Å². The van der Waals surface area contributed by atoms with Crippen LogP contribution < -0.4 is 25.0 Å². The average Bonchev–Trinajstić information content (AvgIpc) is 2.77. The predicted octanol–water partition coefficient (Wildman–Crippen LogP) is 2.76. The molecule has 0 saturated carbocycles. The first-order valence-corrected chi connectivity index (χ1v) is 9.50. The number of nitrogens with one attached hydrogen (secondary N) is 2. The van der Waals surface area contributed by atoms with Crippen LogP contribution in [0.4, 0.5) is 4.39 Å². The van der Waals surface area contributed by atoms with E-state index in [1.165, 1.54) is 63.9 Å². The minimum absolute atomic E-state index is 0.216. The minimum atomic E-state index is -0.850. The summed E-state index contributed by atoms with van der Waals surface area (Å²) in [7, 11) is 4.36. The van der Waals surface area contributed by atoms with Crippen LogP contribution in [0, 0.1) is 11.7 Å². The quantitative estimate of drug-likeness (QED) is 0.470. The Morgan fingerprint density at radius 2 is 1.58 bits per heavy atom. The number of ether oxygens (including phenoxy) is 3. The van der Waals surface area contributed by atoms with Crippen LogP contribution in [-0.2, 0) is 4.79 Å². The number of hydrazone groups is 1. The highest BCUT2D eigenvalue weighted by Crippen LogP contribution is 2.38. The van der Waals surface area contributed by atoms with Crippen LogP contribution in [0.2, 0.25) is 0 Å². The maximum absolute atomic E-state index is 13.0. The van der Waals surface area contributed by atoms with Gasteiger partial charge in [0.15, 0.2) is 11.5 Å². The van der Waals surface area contributed by atoms with Crippen LogP contribution in [0.3, 0.4) is 0 Å². The molecule has 0 fully saturated rings. The highest BCUT2D eigenvalue weighted by molar-refractivity contribution is 5.98. The van der Waals surface area contributed by atoms with Crippen LogP contribution >= 0.6 is 0 Å². The van der Waals surface area contributed by atoms with Crippen molar-refractivity contribution in [3.63, 3.8) is 0 Å². The highest BCUT2D eigenvalue weighted by atomic mass is 19.1. The first-order chi connectivity index (χ1) is 14.8. The van der Waals surface area contributed by atoms with Gasteiger partial charge in [0.25, 0.3) is 11.8 Å². The fourth-order valence-electron chi connectivity index (χ4n) is 2.76. The highest BCUT2D eigenvalue weighted by Gasteiger charge is 2.26. The summed E-state index contributed by atoms with van der Waals surface area (Å²) in [6.45, 7) is 3.59. The molecule has 31 heavy (non-hydrogen) atoms. The second-order valence-corrected chi connectivity index (χ2v) is 6.89. The van der Waals surface area contributed by atoms with Gasteiger partial charge in [-0.15, -0.1) is 0 Å². The fourth-order valence-corrected chi connectivity index (χ4v) is 2.76. The molecule has 0 aliphatic rings. The zero-order valence-electron chi connectivity index (χ0n) is 18.1. The normalized spacial score (nSPS) is 11.8. The predicted molar refractivity (Wildman–Crippen MR) is 114 cm³/mol. The molecule has 166 valence electrons. The molecule has 0 bridgehead atoms. The summed E-state index contributed by atoms with van der Waals surface area (Å²) in [6.07, 6.45) is 1.38. The molecule has 2 amide bonds. The molecule has 1 unspecified atom stereocenters. The molecule has 0 heterocycles. The van der Waals surface area contributed by atoms with Crippen molar-refractivity contribution in [2.24, 2.45) is 11.0 Å². The number of methoxy groups -OCH3 is 3. The Labute approximate surface area is 180 Å². The van der Waals surface area contributed by atoms with Crippen LogP contribution in [0.5, 0.6) is 17.2 Å². The Hall–Kier alpha value is -3.62. The SMILES string of the molecule is COc1cc(C(=O)NC(C(=O)NN=Cc2ccc(F)cc2)C(C)C)cc(OC)c1OC. The topological polar surface area (TPSA) is 98.2 Å². The lowest BCUT2D eigenvalue weighted by Crippen LogP contribution is -2.48. The smallest absolute Gasteiger partial charge is 0.262 e. The summed E-state index contributed by atoms with van der Waals surface area (Å²) in [5.41, 5.74) is 3.25. The molecular formula is C22H26FN3O5. The van der Waals surface area contributed by atoms with E-state index in [2.05, 4.69) is 15.8 Å². The summed E-state index contributed by atoms with van der Waals surface area (Å²) >= 11 is 0. The van der Waals surface area contributed by atoms with Gasteiger partial charge in [0.2, 0.25) is 5.75 Å². The first-order valence-electron chi connectivity index (χ1n) is 9.50. The Morgan fingerprint density at radius 1 is 1.00 bits per heavy atom. The molecule has 0 aromatic heterocycles. The first kappa shape index (κ1) is 23.7. The third-order valence-electron chi connectivity index (χ3n) is 4.42. The van der Waals surface area contributed by atoms with Gasteiger partial charge in [-0.25, -0.2) is 9.82 Å². The number of hydrogen-bond acceptors (Lipinski definition) is 6. The van der Waals surface area contributed by atoms with E-state index in [-0.39, 0.29) is 17.3 Å². The molecule has 0 saturated heterocycles. The molecule has 0 spiro atoms. The number of benzene rings is 2. The summed E-state index contributed by atoms with van der Waals surface area (Å²) in [4.78, 5) is 25.4. The zero-order valence-corrected chi connectivity index (χ0v) is 18.1. The number of halogens is 1. The van der Waals surface area contributed by atoms with Gasteiger partial charge in [-0.3, -0.25) is 9.59 Å². The van der Waals surface area contributed by atoms with Gasteiger partial charge in [0, 0.05) is 5.56 Å². The van der Waals surface area contributed by atoms with Crippen molar-refractivity contribution in [2.45, 2.75) is 19.9 Å². The van der Waals surface area contributed by atoms with Gasteiger partial charge in [0.05, 0.1) is 27.5 Å². The number of hydrogen-bond donors (Lipinski definition) is 2. The Kier molecular flexibility index (Phi) is 8.36. The van der Waals surface area contributed by atoms with Crippen LogP contribution in [0.25, 0.3) is 0 Å². The third kappa shape index (κ3) is 6.18. The van der Waals surface area contributed by atoms with Crippen molar-refractivity contribution < 1.29 is 28.2 Å². The van der Waals surface area contributed by atoms with E-state index in [9.17, 15) is 14.0 Å². The van der Waals surface area contributed by atoms with E-state index >= 15 is 0 Å². The Balaban J connectivity index is 2.14. The van der Waals surface area contributed by atoms with Crippen molar-refractivity contribution >= 4 is 18.0 Å².